The minimum Gasteiger partial charge on any atom is -0.334 e. The van der Waals surface area contributed by atoms with E-state index in [9.17, 15) is 0 Å². The molecule has 1 aliphatic rings. The summed E-state index contributed by atoms with van der Waals surface area (Å²) in [5.41, 5.74) is 0.961. The molecule has 2 nitrogen and oxygen atoms in total. The summed E-state index contributed by atoms with van der Waals surface area (Å²) in [5.74, 6) is 1.04. The van der Waals surface area contributed by atoms with E-state index < -0.39 is 0 Å². The number of hydrogen-bond donors (Lipinski definition) is 1. The van der Waals surface area contributed by atoms with E-state index in [-0.39, 0.29) is 0 Å². The van der Waals surface area contributed by atoms with Crippen LogP contribution in [0.2, 0.25) is 5.02 Å². The Balaban J connectivity index is 2.18. The quantitative estimate of drug-likeness (QED) is 0.848. The van der Waals surface area contributed by atoms with Crippen molar-refractivity contribution < 1.29 is 0 Å². The molecule has 1 N–H and O–H groups in total. The molecule has 1 aromatic rings. The van der Waals surface area contributed by atoms with Crippen LogP contribution in [0.15, 0.2) is 27.7 Å². The maximum Gasteiger partial charge on any atom is 0.161 e. The van der Waals surface area contributed by atoms with E-state index in [4.69, 9.17) is 11.6 Å². The summed E-state index contributed by atoms with van der Waals surface area (Å²) in [4.78, 5) is 4.46. The zero-order chi connectivity index (χ0) is 10.8. The number of halogens is 2. The molecule has 0 saturated carbocycles. The molecule has 0 fully saturated rings. The zero-order valence-corrected chi connectivity index (χ0v) is 11.3. The van der Waals surface area contributed by atoms with Crippen LogP contribution in [-0.4, -0.2) is 17.0 Å². The van der Waals surface area contributed by atoms with E-state index in [2.05, 4.69) is 33.2 Å². The summed E-state index contributed by atoms with van der Waals surface area (Å²) in [5, 5.41) is 4.93. The fourth-order valence-electron chi connectivity index (χ4n) is 1.26. The normalized spacial score (nSPS) is 20.2. The van der Waals surface area contributed by atoms with E-state index in [0.29, 0.717) is 11.1 Å². The summed E-state index contributed by atoms with van der Waals surface area (Å²) in [6.45, 7) is 2.11. The first-order valence-corrected chi connectivity index (χ1v) is 6.74. The van der Waals surface area contributed by atoms with Crippen LogP contribution in [0.25, 0.3) is 0 Å². The monoisotopic (exact) mass is 304 g/mol. The number of rotatable bonds is 1. The van der Waals surface area contributed by atoms with E-state index in [1.54, 1.807) is 11.8 Å². The van der Waals surface area contributed by atoms with Crippen LogP contribution in [0.3, 0.4) is 0 Å². The van der Waals surface area contributed by atoms with Crippen LogP contribution in [0.1, 0.15) is 6.92 Å². The van der Waals surface area contributed by atoms with Gasteiger partial charge < -0.3 is 5.32 Å². The Bertz CT molecular complexity index is 408. The van der Waals surface area contributed by atoms with Crippen molar-refractivity contribution in [1.29, 1.82) is 0 Å². The number of aliphatic imine (C=N–C) groups is 1. The van der Waals surface area contributed by atoms with Crippen molar-refractivity contribution in [2.45, 2.75) is 13.0 Å². The van der Waals surface area contributed by atoms with Crippen LogP contribution in [0, 0.1) is 0 Å². The second kappa shape index (κ2) is 4.76. The Morgan fingerprint density at radius 1 is 1.60 bits per heavy atom. The van der Waals surface area contributed by atoms with Gasteiger partial charge in [0.05, 0.1) is 21.2 Å². The smallest absolute Gasteiger partial charge is 0.161 e. The molecular formula is C10H10BrClN2S. The summed E-state index contributed by atoms with van der Waals surface area (Å²) in [6, 6.07) is 6.14. The zero-order valence-electron chi connectivity index (χ0n) is 8.13. The number of hydrogen-bond acceptors (Lipinski definition) is 3. The summed E-state index contributed by atoms with van der Waals surface area (Å²) in [6.07, 6.45) is 0. The van der Waals surface area contributed by atoms with Gasteiger partial charge in [0.15, 0.2) is 5.17 Å². The van der Waals surface area contributed by atoms with Crippen molar-refractivity contribution in [2.24, 2.45) is 4.99 Å². The largest absolute Gasteiger partial charge is 0.334 e. The molecule has 2 rings (SSSR count). The summed E-state index contributed by atoms with van der Waals surface area (Å²) in [7, 11) is 0. The number of nitrogens with one attached hydrogen (secondary N) is 1. The van der Waals surface area contributed by atoms with E-state index in [1.165, 1.54) is 0 Å². The van der Waals surface area contributed by atoms with Crippen LogP contribution in [-0.2, 0) is 0 Å². The minimum absolute atomic E-state index is 0.399. The molecule has 0 saturated heterocycles. The molecule has 0 bridgehead atoms. The van der Waals surface area contributed by atoms with Crippen molar-refractivity contribution >= 4 is 50.1 Å². The lowest BCUT2D eigenvalue weighted by Gasteiger charge is -2.07. The van der Waals surface area contributed by atoms with Crippen LogP contribution in [0.4, 0.5) is 5.69 Å². The van der Waals surface area contributed by atoms with Gasteiger partial charge in [0.2, 0.25) is 0 Å². The highest BCUT2D eigenvalue weighted by molar-refractivity contribution is 9.10. The molecule has 1 aliphatic heterocycles. The van der Waals surface area contributed by atoms with Gasteiger partial charge in [0, 0.05) is 5.75 Å². The van der Waals surface area contributed by atoms with E-state index >= 15 is 0 Å². The molecule has 0 aliphatic carbocycles. The first kappa shape index (κ1) is 11.3. The van der Waals surface area contributed by atoms with Crippen LogP contribution in [0.5, 0.6) is 0 Å². The third-order valence-corrected chi connectivity index (χ3v) is 4.52. The van der Waals surface area contributed by atoms with Crippen molar-refractivity contribution in [3.05, 3.63) is 27.7 Å². The van der Waals surface area contributed by atoms with Gasteiger partial charge in [-0.15, -0.1) is 0 Å². The highest BCUT2D eigenvalue weighted by Gasteiger charge is 2.15. The first-order valence-electron chi connectivity index (χ1n) is 4.58. The molecular weight excluding hydrogens is 296 g/mol. The van der Waals surface area contributed by atoms with Gasteiger partial charge in [-0.1, -0.05) is 29.4 Å². The molecule has 1 aromatic carbocycles. The predicted molar refractivity (Wildman–Crippen MR) is 72.1 cm³/mol. The topological polar surface area (TPSA) is 24.4 Å². The number of nitrogens with zero attached hydrogens (tertiary/aromatic N) is 1. The van der Waals surface area contributed by atoms with Crippen LogP contribution < -0.4 is 5.32 Å². The van der Waals surface area contributed by atoms with Gasteiger partial charge in [-0.2, -0.15) is 0 Å². The molecule has 15 heavy (non-hydrogen) atoms. The second-order valence-corrected chi connectivity index (χ2v) is 5.53. The third-order valence-electron chi connectivity index (χ3n) is 1.99. The Hall–Kier alpha value is -0.190. The highest BCUT2D eigenvalue weighted by Crippen LogP contribution is 2.31. The average Bonchev–Trinajstić information content (AvgIpc) is 2.59. The standard InChI is InChI=1S/C10H10BrClN2S/c1-6-5-15-10(13-6)14-8-4-2-3-7(12)9(8)11/h2-4,6H,5H2,1H3,(H,13,14). The molecule has 1 heterocycles. The van der Waals surface area contributed by atoms with Gasteiger partial charge in [0.25, 0.3) is 0 Å². The molecule has 0 radical (unpaired) electrons. The lowest BCUT2D eigenvalue weighted by Crippen LogP contribution is -2.05. The fourth-order valence-corrected chi connectivity index (χ4v) is 2.71. The first-order chi connectivity index (χ1) is 7.16. The SMILES string of the molecule is CC1CSC(Nc2cccc(Cl)c2Br)=N1. The Kier molecular flexibility index (Phi) is 3.59. The highest BCUT2D eigenvalue weighted by atomic mass is 79.9. The van der Waals surface area contributed by atoms with E-state index in [1.807, 2.05) is 18.2 Å². The van der Waals surface area contributed by atoms with Gasteiger partial charge in [-0.25, -0.2) is 0 Å². The third kappa shape index (κ3) is 2.68. The number of anilines is 1. The molecule has 1 atom stereocenters. The number of amidine groups is 1. The van der Waals surface area contributed by atoms with Gasteiger partial charge in [-0.05, 0) is 35.0 Å². The van der Waals surface area contributed by atoms with Crippen LogP contribution >= 0.6 is 39.3 Å². The fraction of sp³-hybridized carbons (Fsp3) is 0.300. The van der Waals surface area contributed by atoms with Crippen molar-refractivity contribution in [1.82, 2.24) is 0 Å². The molecule has 5 heteroatoms. The lowest BCUT2D eigenvalue weighted by atomic mass is 10.3. The number of thioether (sulfide) groups is 1. The van der Waals surface area contributed by atoms with Gasteiger partial charge >= 0.3 is 0 Å². The summed E-state index contributed by atoms with van der Waals surface area (Å²) < 4.78 is 0.884. The Labute approximate surface area is 107 Å². The van der Waals surface area contributed by atoms with Crippen molar-refractivity contribution in [3.63, 3.8) is 0 Å². The molecule has 0 amide bonds. The minimum atomic E-state index is 0.399. The molecule has 0 aromatic heterocycles. The maximum atomic E-state index is 5.99. The van der Waals surface area contributed by atoms with Gasteiger partial charge in [0.1, 0.15) is 0 Å². The number of benzene rings is 1. The maximum absolute atomic E-state index is 5.99. The molecule has 1 unspecified atom stereocenters. The summed E-state index contributed by atoms with van der Waals surface area (Å²) >= 11 is 11.2. The van der Waals surface area contributed by atoms with Crippen molar-refractivity contribution in [2.75, 3.05) is 11.1 Å². The predicted octanol–water partition coefficient (Wildman–Crippen LogP) is 4.01. The Morgan fingerprint density at radius 3 is 3.07 bits per heavy atom. The van der Waals surface area contributed by atoms with E-state index in [0.717, 1.165) is 21.1 Å². The Morgan fingerprint density at radius 2 is 2.40 bits per heavy atom. The van der Waals surface area contributed by atoms with Gasteiger partial charge in [-0.3, -0.25) is 4.99 Å². The average molecular weight is 306 g/mol. The van der Waals surface area contributed by atoms with Crippen molar-refractivity contribution in [3.8, 4) is 0 Å². The second-order valence-electron chi connectivity index (χ2n) is 3.32. The molecule has 0 spiro atoms. The lowest BCUT2D eigenvalue weighted by molar-refractivity contribution is 0.865. The molecule has 80 valence electrons.